The summed E-state index contributed by atoms with van der Waals surface area (Å²) in [5.74, 6) is 3.48. The number of rotatable bonds is 16. The van der Waals surface area contributed by atoms with Gasteiger partial charge in [-0.1, -0.05) is 48.5 Å². The van der Waals surface area contributed by atoms with E-state index in [4.69, 9.17) is 35.4 Å². The average Bonchev–Trinajstić information content (AvgIpc) is 3.14. The van der Waals surface area contributed by atoms with Gasteiger partial charge in [-0.05, 0) is 230 Å². The van der Waals surface area contributed by atoms with Gasteiger partial charge in [0.2, 0.25) is 0 Å². The second-order valence-corrected chi connectivity index (χ2v) is 36.7. The van der Waals surface area contributed by atoms with Crippen LogP contribution in [0.25, 0.3) is 0 Å². The van der Waals surface area contributed by atoms with Crippen LogP contribution in [0.4, 0.5) is 0 Å². The van der Waals surface area contributed by atoms with Crippen molar-refractivity contribution < 1.29 is 35.4 Å². The van der Waals surface area contributed by atoms with E-state index in [2.05, 4.69) is 206 Å². The fraction of sp³-hybridized carbons (Fsp3) is 0.538. The second-order valence-electron chi connectivity index (χ2n) is 22.4. The van der Waals surface area contributed by atoms with Gasteiger partial charge in [-0.25, -0.2) is 0 Å². The first-order valence-electron chi connectivity index (χ1n) is 23.4. The summed E-state index contributed by atoms with van der Waals surface area (Å²) in [5.41, 5.74) is 3.86. The van der Waals surface area contributed by atoms with E-state index in [1.807, 2.05) is 0 Å². The van der Waals surface area contributed by atoms with Gasteiger partial charge >= 0.3 is 34.2 Å². The number of ether oxygens (including phenoxy) is 4. The van der Waals surface area contributed by atoms with E-state index in [0.717, 1.165) is 72.9 Å². The minimum absolute atomic E-state index is 0.263. The molecule has 0 aliphatic carbocycles. The van der Waals surface area contributed by atoms with Gasteiger partial charge in [-0.2, -0.15) is 0 Å². The summed E-state index contributed by atoms with van der Waals surface area (Å²) >= 11 is 0. The molecule has 0 bridgehead atoms. The zero-order chi connectivity index (χ0) is 47.2. The van der Waals surface area contributed by atoms with Gasteiger partial charge in [-0.15, -0.1) is 0 Å². The summed E-state index contributed by atoms with van der Waals surface area (Å²) in [6.45, 7) is 33.9. The van der Waals surface area contributed by atoms with E-state index in [0.29, 0.717) is 0 Å². The number of aryl methyl sites for hydroxylation is 4. The molecule has 0 atom stereocenters. The summed E-state index contributed by atoms with van der Waals surface area (Å²) in [6, 6.07) is 37.1. The lowest BCUT2D eigenvalue weighted by Gasteiger charge is -2.50. The maximum absolute atomic E-state index is 7.65. The highest BCUT2D eigenvalue weighted by Crippen LogP contribution is 2.39. The quantitative estimate of drug-likeness (QED) is 0.103. The normalized spacial score (nSPS) is 23.5. The third-order valence-electron chi connectivity index (χ3n) is 10.6. The molecule has 0 spiro atoms. The van der Waals surface area contributed by atoms with Gasteiger partial charge in [0.1, 0.15) is 45.4 Å². The van der Waals surface area contributed by atoms with Crippen molar-refractivity contribution in [3.8, 4) is 23.0 Å². The molecule has 352 valence electrons. The average molecular weight is 946 g/mol. The molecular formula is C52H80O8Si4. The Morgan fingerprint density at radius 3 is 0.594 bits per heavy atom. The zero-order valence-corrected chi connectivity index (χ0v) is 46.2. The summed E-state index contributed by atoms with van der Waals surface area (Å²) in [6.07, 6.45) is 3.28. The minimum Gasteiger partial charge on any atom is -0.488 e. The number of benzene rings is 4. The molecule has 1 aliphatic rings. The molecule has 1 saturated heterocycles. The first-order chi connectivity index (χ1) is 29.5. The summed E-state index contributed by atoms with van der Waals surface area (Å²) < 4.78 is 55.2. The monoisotopic (exact) mass is 944 g/mol. The number of hydrogen-bond acceptors (Lipinski definition) is 8. The molecule has 64 heavy (non-hydrogen) atoms. The van der Waals surface area contributed by atoms with Crippen LogP contribution in [-0.4, -0.2) is 56.6 Å². The molecule has 0 amide bonds. The first-order valence-corrected chi connectivity index (χ1v) is 33.5. The summed E-state index contributed by atoms with van der Waals surface area (Å²) in [7, 11) is -11.7. The molecule has 4 aromatic carbocycles. The molecule has 4 aromatic rings. The maximum Gasteiger partial charge on any atom is 0.317 e. The summed E-state index contributed by atoms with van der Waals surface area (Å²) in [4.78, 5) is 0. The Kier molecular flexibility index (Phi) is 16.5. The van der Waals surface area contributed by atoms with Gasteiger partial charge in [0.05, 0.1) is 0 Å². The van der Waals surface area contributed by atoms with Crippen molar-refractivity contribution in [2.75, 3.05) is 0 Å². The Morgan fingerprint density at radius 2 is 0.453 bits per heavy atom. The molecule has 0 aromatic heterocycles. The third kappa shape index (κ3) is 17.9. The van der Waals surface area contributed by atoms with Crippen LogP contribution in [-0.2, 0) is 42.1 Å². The van der Waals surface area contributed by atoms with Crippen molar-refractivity contribution >= 4 is 34.2 Å². The van der Waals surface area contributed by atoms with Crippen LogP contribution < -0.4 is 18.9 Å². The highest BCUT2D eigenvalue weighted by atomic mass is 28.5. The Labute approximate surface area is 391 Å². The van der Waals surface area contributed by atoms with Crippen LogP contribution in [0.5, 0.6) is 23.0 Å². The van der Waals surface area contributed by atoms with Crippen LogP contribution in [0.1, 0.15) is 105 Å². The molecule has 5 rings (SSSR count). The van der Waals surface area contributed by atoms with E-state index in [1.54, 1.807) is 0 Å². The van der Waals surface area contributed by atoms with Crippen molar-refractivity contribution in [1.82, 2.24) is 0 Å². The van der Waals surface area contributed by atoms with E-state index >= 15 is 0 Å². The highest BCUT2D eigenvalue weighted by Gasteiger charge is 2.56. The highest BCUT2D eigenvalue weighted by molar-refractivity contribution is 6.94. The van der Waals surface area contributed by atoms with Crippen LogP contribution in [0.15, 0.2) is 97.1 Å². The first kappa shape index (κ1) is 51.8. The minimum atomic E-state index is -2.94. The van der Waals surface area contributed by atoms with Gasteiger partial charge < -0.3 is 35.4 Å². The van der Waals surface area contributed by atoms with E-state index in [-0.39, 0.29) is 22.4 Å². The lowest BCUT2D eigenvalue weighted by atomic mass is 10.1. The molecular weight excluding hydrogens is 865 g/mol. The SMILES string of the molecule is CC(C)(C)Oc1ccc(CC[Si]2(C)O[Si](C)(CCc3ccc(OC(C)(C)C)cc3)O[Si](C)(CCc3ccc(OC(C)(C)C)cc3)O[Si](C)(CCc3ccc(OC(C)(C)C)cc3)O2)cc1. The largest absolute Gasteiger partial charge is 0.488 e. The van der Waals surface area contributed by atoms with Crippen LogP contribution in [0.3, 0.4) is 0 Å². The fourth-order valence-corrected chi connectivity index (χ4v) is 31.1. The molecule has 0 N–H and O–H groups in total. The molecule has 0 radical (unpaired) electrons. The third-order valence-corrected chi connectivity index (χ3v) is 29.0. The molecule has 1 heterocycles. The lowest BCUT2D eigenvalue weighted by molar-refractivity contribution is 0.130. The van der Waals surface area contributed by atoms with Gasteiger partial charge in [0.15, 0.2) is 0 Å². The van der Waals surface area contributed by atoms with Crippen molar-refractivity contribution in [1.29, 1.82) is 0 Å². The Hall–Kier alpha value is -3.21. The topological polar surface area (TPSA) is 73.8 Å². The predicted molar refractivity (Wildman–Crippen MR) is 272 cm³/mol. The predicted octanol–water partition coefficient (Wildman–Crippen LogP) is 14.0. The van der Waals surface area contributed by atoms with Crippen molar-refractivity contribution in [3.63, 3.8) is 0 Å². The van der Waals surface area contributed by atoms with Crippen LogP contribution >= 0.6 is 0 Å². The lowest BCUT2D eigenvalue weighted by Crippen LogP contribution is -2.67. The smallest absolute Gasteiger partial charge is 0.317 e. The van der Waals surface area contributed by atoms with Crippen LogP contribution in [0.2, 0.25) is 50.4 Å². The van der Waals surface area contributed by atoms with Crippen LogP contribution in [0, 0.1) is 0 Å². The Balaban J connectivity index is 1.46. The molecule has 1 aliphatic heterocycles. The molecule has 0 saturated carbocycles. The van der Waals surface area contributed by atoms with Crippen molar-refractivity contribution in [2.24, 2.45) is 0 Å². The molecule has 1 fully saturated rings. The Morgan fingerprint density at radius 1 is 0.297 bits per heavy atom. The fourth-order valence-electron chi connectivity index (χ4n) is 8.11. The van der Waals surface area contributed by atoms with Crippen molar-refractivity contribution in [3.05, 3.63) is 119 Å². The number of hydrogen-bond donors (Lipinski definition) is 0. The molecule has 8 nitrogen and oxygen atoms in total. The maximum atomic E-state index is 7.65. The van der Waals surface area contributed by atoms with Gasteiger partial charge in [0.25, 0.3) is 0 Å². The van der Waals surface area contributed by atoms with Gasteiger partial charge in [0, 0.05) is 0 Å². The molecule has 12 heteroatoms. The van der Waals surface area contributed by atoms with Gasteiger partial charge in [-0.3, -0.25) is 0 Å². The second kappa shape index (κ2) is 20.3. The standard InChI is InChI=1S/C52H80O8Si4/c1-49(2,3)53-45-25-17-41(18-26-45)33-37-61(13)57-62(14,38-34-42-19-27-46(28-20-42)54-50(4,5)6)59-64(16,40-36-44-23-31-48(32-24-44)56-52(10,11)12)60-63(15,58-61)39-35-43-21-29-47(30-22-43)55-51(7,8)9/h17-32H,33-40H2,1-16H3. The van der Waals surface area contributed by atoms with Crippen molar-refractivity contribution in [2.45, 2.75) is 182 Å². The molecule has 0 unspecified atom stereocenters. The van der Waals surface area contributed by atoms with E-state index in [9.17, 15) is 0 Å². The zero-order valence-electron chi connectivity index (χ0n) is 42.2. The van der Waals surface area contributed by atoms with E-state index in [1.165, 1.54) is 22.3 Å². The Bertz CT molecular complexity index is 1750. The van der Waals surface area contributed by atoms with E-state index < -0.39 is 34.2 Å². The summed E-state index contributed by atoms with van der Waals surface area (Å²) in [5, 5.41) is 0.